The van der Waals surface area contributed by atoms with E-state index in [-0.39, 0.29) is 11.8 Å². The zero-order chi connectivity index (χ0) is 9.42. The second kappa shape index (κ2) is 2.69. The van der Waals surface area contributed by atoms with Crippen molar-refractivity contribution in [3.05, 3.63) is 12.3 Å². The van der Waals surface area contributed by atoms with Crippen molar-refractivity contribution in [1.29, 1.82) is 0 Å². The molecule has 2 rings (SSSR count). The number of nitrogens with zero attached hydrogens (tertiary/aromatic N) is 2. The zero-order valence-electron chi connectivity index (χ0n) is 7.15. The summed E-state index contributed by atoms with van der Waals surface area (Å²) in [7, 11) is 0. The summed E-state index contributed by atoms with van der Waals surface area (Å²) in [6.45, 7) is 1.80. The molecule has 0 saturated carbocycles. The summed E-state index contributed by atoms with van der Waals surface area (Å²) in [6, 6.07) is 1.60. The number of nitrogens with one attached hydrogen (secondary N) is 1. The van der Waals surface area contributed by atoms with Crippen LogP contribution in [0.4, 0.5) is 5.82 Å². The van der Waals surface area contributed by atoms with Gasteiger partial charge >= 0.3 is 0 Å². The van der Waals surface area contributed by atoms with Crippen molar-refractivity contribution < 1.29 is 9.59 Å². The number of carbonyl (C=O) groups excluding carboxylic acids is 2. The first-order valence-corrected chi connectivity index (χ1v) is 4.13. The van der Waals surface area contributed by atoms with Crippen LogP contribution in [0.3, 0.4) is 0 Å². The standard InChI is InChI=1S/C8H9N3O2/c1-2-5-7(12)10-6-3-4-9-11(6)8(5)13/h3-5H,2H2,1H3,(H,10,12). The molecule has 1 atom stereocenters. The molecule has 0 aliphatic carbocycles. The van der Waals surface area contributed by atoms with Crippen molar-refractivity contribution in [3.8, 4) is 0 Å². The van der Waals surface area contributed by atoms with E-state index < -0.39 is 5.92 Å². The fourth-order valence-corrected chi connectivity index (χ4v) is 1.41. The minimum atomic E-state index is -0.590. The van der Waals surface area contributed by atoms with Gasteiger partial charge in [-0.15, -0.1) is 0 Å². The van der Waals surface area contributed by atoms with Crippen LogP contribution in [0.15, 0.2) is 12.3 Å². The lowest BCUT2D eigenvalue weighted by atomic mass is 10.0. The summed E-state index contributed by atoms with van der Waals surface area (Å²) >= 11 is 0. The smallest absolute Gasteiger partial charge is 0.261 e. The highest BCUT2D eigenvalue weighted by Gasteiger charge is 2.32. The molecule has 1 aliphatic rings. The van der Waals surface area contributed by atoms with Crippen LogP contribution in [0, 0.1) is 5.92 Å². The van der Waals surface area contributed by atoms with E-state index >= 15 is 0 Å². The molecule has 1 N–H and O–H groups in total. The monoisotopic (exact) mass is 179 g/mol. The first kappa shape index (κ1) is 7.97. The van der Waals surface area contributed by atoms with Crippen LogP contribution in [0.1, 0.15) is 18.1 Å². The molecule has 0 saturated heterocycles. The third kappa shape index (κ3) is 1.04. The third-order valence-corrected chi connectivity index (χ3v) is 2.13. The predicted molar refractivity (Wildman–Crippen MR) is 45.3 cm³/mol. The number of rotatable bonds is 1. The topological polar surface area (TPSA) is 64.0 Å². The fraction of sp³-hybridized carbons (Fsp3) is 0.375. The third-order valence-electron chi connectivity index (χ3n) is 2.13. The molecule has 5 heteroatoms. The van der Waals surface area contributed by atoms with E-state index in [0.717, 1.165) is 0 Å². The maximum absolute atomic E-state index is 11.6. The van der Waals surface area contributed by atoms with Gasteiger partial charge in [0.1, 0.15) is 11.7 Å². The Labute approximate surface area is 74.7 Å². The maximum atomic E-state index is 11.6. The lowest BCUT2D eigenvalue weighted by Crippen LogP contribution is -2.39. The van der Waals surface area contributed by atoms with E-state index in [0.29, 0.717) is 12.2 Å². The van der Waals surface area contributed by atoms with Crippen LogP contribution in [0.25, 0.3) is 0 Å². The lowest BCUT2D eigenvalue weighted by Gasteiger charge is -2.20. The average molecular weight is 179 g/mol. The minimum absolute atomic E-state index is 0.236. The van der Waals surface area contributed by atoms with Crippen molar-refractivity contribution in [2.75, 3.05) is 5.32 Å². The number of carbonyl (C=O) groups is 2. The van der Waals surface area contributed by atoms with E-state index in [1.165, 1.54) is 10.9 Å². The summed E-state index contributed by atoms with van der Waals surface area (Å²) in [5.41, 5.74) is 0. The number of aromatic nitrogens is 2. The largest absolute Gasteiger partial charge is 0.310 e. The van der Waals surface area contributed by atoms with Gasteiger partial charge in [-0.3, -0.25) is 9.59 Å². The zero-order valence-corrected chi connectivity index (χ0v) is 7.15. The molecule has 0 bridgehead atoms. The van der Waals surface area contributed by atoms with E-state index in [1.54, 1.807) is 13.0 Å². The van der Waals surface area contributed by atoms with Gasteiger partial charge in [0.2, 0.25) is 5.91 Å². The second-order valence-corrected chi connectivity index (χ2v) is 2.92. The van der Waals surface area contributed by atoms with Crippen LogP contribution in [0.5, 0.6) is 0 Å². The lowest BCUT2D eigenvalue weighted by molar-refractivity contribution is -0.119. The van der Waals surface area contributed by atoms with Crippen molar-refractivity contribution in [3.63, 3.8) is 0 Å². The van der Waals surface area contributed by atoms with Crippen molar-refractivity contribution in [2.45, 2.75) is 13.3 Å². The highest BCUT2D eigenvalue weighted by atomic mass is 16.2. The van der Waals surface area contributed by atoms with Crippen LogP contribution in [-0.2, 0) is 4.79 Å². The van der Waals surface area contributed by atoms with Gasteiger partial charge in [0.15, 0.2) is 0 Å². The minimum Gasteiger partial charge on any atom is -0.310 e. The molecule has 13 heavy (non-hydrogen) atoms. The van der Waals surface area contributed by atoms with Gasteiger partial charge in [-0.25, -0.2) is 0 Å². The maximum Gasteiger partial charge on any atom is 0.261 e. The molecule has 1 aliphatic heterocycles. The van der Waals surface area contributed by atoms with Crippen LogP contribution in [0.2, 0.25) is 0 Å². The van der Waals surface area contributed by atoms with Crippen molar-refractivity contribution in [1.82, 2.24) is 9.78 Å². The van der Waals surface area contributed by atoms with Crippen LogP contribution in [-0.4, -0.2) is 21.6 Å². The Morgan fingerprint density at radius 1 is 1.62 bits per heavy atom. The number of fused-ring (bicyclic) bond motifs is 1. The van der Waals surface area contributed by atoms with Gasteiger partial charge in [-0.1, -0.05) is 6.92 Å². The van der Waals surface area contributed by atoms with Gasteiger partial charge in [0, 0.05) is 6.07 Å². The van der Waals surface area contributed by atoms with Crippen LogP contribution >= 0.6 is 0 Å². The molecule has 5 nitrogen and oxygen atoms in total. The van der Waals surface area contributed by atoms with Crippen molar-refractivity contribution >= 4 is 17.6 Å². The van der Waals surface area contributed by atoms with Gasteiger partial charge in [0.05, 0.1) is 6.20 Å². The Hall–Kier alpha value is -1.65. The number of amides is 1. The first-order chi connectivity index (χ1) is 6.24. The Kier molecular flexibility index (Phi) is 1.65. The molecule has 1 amide bonds. The quantitative estimate of drug-likeness (QED) is 0.638. The van der Waals surface area contributed by atoms with Gasteiger partial charge in [-0.05, 0) is 6.42 Å². The normalized spacial score (nSPS) is 21.2. The van der Waals surface area contributed by atoms with Gasteiger partial charge in [0.25, 0.3) is 5.91 Å². The van der Waals surface area contributed by atoms with Gasteiger partial charge in [-0.2, -0.15) is 9.78 Å². The summed E-state index contributed by atoms with van der Waals surface area (Å²) in [4.78, 5) is 22.9. The molecule has 2 heterocycles. The summed E-state index contributed by atoms with van der Waals surface area (Å²) in [6.07, 6.45) is 2.00. The second-order valence-electron chi connectivity index (χ2n) is 2.92. The molecule has 1 aromatic heterocycles. The molecule has 68 valence electrons. The average Bonchev–Trinajstić information content (AvgIpc) is 2.53. The SMILES string of the molecule is CCC1C(=O)Nc2ccnn2C1=O. The fourth-order valence-electron chi connectivity index (χ4n) is 1.41. The van der Waals surface area contributed by atoms with Crippen LogP contribution < -0.4 is 5.32 Å². The summed E-state index contributed by atoms with van der Waals surface area (Å²) in [5.74, 6) is -0.612. The van der Waals surface area contributed by atoms with Crippen molar-refractivity contribution in [2.24, 2.45) is 5.92 Å². The Balaban J connectivity index is 2.45. The summed E-state index contributed by atoms with van der Waals surface area (Å²) in [5, 5.41) is 6.43. The number of hydrogen-bond donors (Lipinski definition) is 1. The van der Waals surface area contributed by atoms with E-state index in [1.807, 2.05) is 0 Å². The van der Waals surface area contributed by atoms with E-state index in [9.17, 15) is 9.59 Å². The molecular weight excluding hydrogens is 170 g/mol. The molecule has 0 fully saturated rings. The molecule has 1 aromatic rings. The molecular formula is C8H9N3O2. The number of hydrogen-bond acceptors (Lipinski definition) is 3. The molecule has 1 unspecified atom stereocenters. The van der Waals surface area contributed by atoms with Gasteiger partial charge < -0.3 is 5.32 Å². The Morgan fingerprint density at radius 2 is 2.38 bits per heavy atom. The van der Waals surface area contributed by atoms with E-state index in [4.69, 9.17) is 0 Å². The number of anilines is 1. The molecule has 0 aromatic carbocycles. The highest BCUT2D eigenvalue weighted by Crippen LogP contribution is 2.19. The highest BCUT2D eigenvalue weighted by molar-refractivity contribution is 6.11. The Bertz CT molecular complexity index is 369. The predicted octanol–water partition coefficient (Wildman–Crippen LogP) is 0.502. The van der Waals surface area contributed by atoms with E-state index in [2.05, 4.69) is 10.4 Å². The molecule has 0 spiro atoms. The first-order valence-electron chi connectivity index (χ1n) is 4.13. The summed E-state index contributed by atoms with van der Waals surface area (Å²) < 4.78 is 1.23. The molecule has 0 radical (unpaired) electrons. The Morgan fingerprint density at radius 3 is 3.08 bits per heavy atom.